The topological polar surface area (TPSA) is 49.4 Å². The van der Waals surface area contributed by atoms with Gasteiger partial charge < -0.3 is 10.2 Å². The van der Waals surface area contributed by atoms with Crippen molar-refractivity contribution < 1.29 is 9.59 Å². The molecule has 0 aliphatic rings. The summed E-state index contributed by atoms with van der Waals surface area (Å²) in [5.74, 6) is -1.25. The van der Waals surface area contributed by atoms with Crippen LogP contribution >= 0.6 is 23.2 Å². The van der Waals surface area contributed by atoms with Crippen LogP contribution in [0.4, 0.5) is 5.69 Å². The van der Waals surface area contributed by atoms with Crippen LogP contribution in [0.25, 0.3) is 0 Å². The average molecular weight is 289 g/mol. The number of hydrogen-bond acceptors (Lipinski definition) is 2. The van der Waals surface area contributed by atoms with Gasteiger partial charge in [0.1, 0.15) is 0 Å². The molecular formula is C12H14Cl2N2O2. The van der Waals surface area contributed by atoms with E-state index >= 15 is 0 Å². The zero-order valence-corrected chi connectivity index (χ0v) is 11.7. The number of amides is 2. The molecule has 0 bridgehead atoms. The van der Waals surface area contributed by atoms with E-state index in [2.05, 4.69) is 5.32 Å². The minimum Gasteiger partial charge on any atom is -0.335 e. The fourth-order valence-electron chi connectivity index (χ4n) is 1.41. The van der Waals surface area contributed by atoms with Crippen molar-refractivity contribution in [1.29, 1.82) is 0 Å². The Hall–Kier alpha value is -1.26. The number of nitrogens with zero attached hydrogens (tertiary/aromatic N) is 1. The molecule has 0 saturated carbocycles. The second-order valence-electron chi connectivity index (χ2n) is 3.56. The first-order valence-electron chi connectivity index (χ1n) is 5.54. The first-order valence-corrected chi connectivity index (χ1v) is 6.30. The predicted molar refractivity (Wildman–Crippen MR) is 73.0 cm³/mol. The average Bonchev–Trinajstić information content (AvgIpc) is 2.35. The fraction of sp³-hybridized carbons (Fsp3) is 0.333. The Balaban J connectivity index is 2.75. The number of likely N-dealkylation sites (N-methyl/N-ethyl adjacent to an activating group) is 1. The lowest BCUT2D eigenvalue weighted by molar-refractivity contribution is -0.142. The molecule has 6 heteroatoms. The lowest BCUT2D eigenvalue weighted by atomic mass is 10.3. The van der Waals surface area contributed by atoms with Gasteiger partial charge in [0.2, 0.25) is 0 Å². The number of carbonyl (C=O) groups is 2. The zero-order valence-electron chi connectivity index (χ0n) is 10.2. The molecule has 4 nitrogen and oxygen atoms in total. The van der Waals surface area contributed by atoms with Crippen molar-refractivity contribution in [1.82, 2.24) is 4.90 Å². The van der Waals surface area contributed by atoms with E-state index in [-0.39, 0.29) is 0 Å². The monoisotopic (exact) mass is 288 g/mol. The molecule has 98 valence electrons. The molecule has 1 rings (SSSR count). The van der Waals surface area contributed by atoms with Gasteiger partial charge in [0.15, 0.2) is 0 Å². The highest BCUT2D eigenvalue weighted by atomic mass is 35.5. The van der Waals surface area contributed by atoms with Crippen molar-refractivity contribution >= 4 is 40.7 Å². The van der Waals surface area contributed by atoms with Gasteiger partial charge in [0.25, 0.3) is 0 Å². The van der Waals surface area contributed by atoms with Crippen LogP contribution in [0.15, 0.2) is 18.2 Å². The van der Waals surface area contributed by atoms with Gasteiger partial charge in [0.05, 0.1) is 10.0 Å². The van der Waals surface area contributed by atoms with Crippen LogP contribution in [0.1, 0.15) is 13.8 Å². The molecule has 0 aliphatic heterocycles. The van der Waals surface area contributed by atoms with Crippen molar-refractivity contribution in [3.63, 3.8) is 0 Å². The van der Waals surface area contributed by atoms with E-state index in [9.17, 15) is 9.59 Å². The van der Waals surface area contributed by atoms with Crippen molar-refractivity contribution in [3.05, 3.63) is 28.2 Å². The maximum atomic E-state index is 11.7. The Morgan fingerprint density at radius 2 is 1.78 bits per heavy atom. The summed E-state index contributed by atoms with van der Waals surface area (Å²) in [5.41, 5.74) is 0.440. The molecular weight excluding hydrogens is 275 g/mol. The molecule has 0 aliphatic carbocycles. The molecule has 1 aromatic rings. The van der Waals surface area contributed by atoms with Gasteiger partial charge in [-0.15, -0.1) is 0 Å². The predicted octanol–water partition coefficient (Wildman–Crippen LogP) is 2.80. The van der Waals surface area contributed by atoms with Gasteiger partial charge in [-0.1, -0.05) is 23.2 Å². The molecule has 0 fully saturated rings. The van der Waals surface area contributed by atoms with Crippen LogP contribution in [-0.4, -0.2) is 29.8 Å². The van der Waals surface area contributed by atoms with E-state index in [1.54, 1.807) is 12.1 Å². The standard InChI is InChI=1S/C12H14Cl2N2O2/c1-3-16(4-2)12(18)11(17)15-8-5-6-9(13)10(14)7-8/h5-7H,3-4H2,1-2H3,(H,15,17). The van der Waals surface area contributed by atoms with E-state index in [1.807, 2.05) is 13.8 Å². The summed E-state index contributed by atoms with van der Waals surface area (Å²) in [5, 5.41) is 3.20. The molecule has 0 radical (unpaired) electrons. The largest absolute Gasteiger partial charge is 0.335 e. The third-order valence-corrected chi connectivity index (χ3v) is 3.16. The highest BCUT2D eigenvalue weighted by molar-refractivity contribution is 6.42. The van der Waals surface area contributed by atoms with Gasteiger partial charge in [-0.3, -0.25) is 9.59 Å². The van der Waals surface area contributed by atoms with E-state index in [1.165, 1.54) is 11.0 Å². The lowest BCUT2D eigenvalue weighted by Gasteiger charge is -2.17. The number of nitrogens with one attached hydrogen (secondary N) is 1. The number of anilines is 1. The number of benzene rings is 1. The summed E-state index contributed by atoms with van der Waals surface area (Å²) in [6.45, 7) is 4.61. The highest BCUT2D eigenvalue weighted by Gasteiger charge is 2.19. The van der Waals surface area contributed by atoms with E-state index in [4.69, 9.17) is 23.2 Å². The summed E-state index contributed by atoms with van der Waals surface area (Å²) < 4.78 is 0. The Morgan fingerprint density at radius 1 is 1.17 bits per heavy atom. The van der Waals surface area contributed by atoms with Crippen LogP contribution in [0.2, 0.25) is 10.0 Å². The summed E-state index contributed by atoms with van der Waals surface area (Å²) in [6.07, 6.45) is 0. The molecule has 0 spiro atoms. The Morgan fingerprint density at radius 3 is 2.28 bits per heavy atom. The molecule has 0 saturated heterocycles. The van der Waals surface area contributed by atoms with Crippen LogP contribution in [-0.2, 0) is 9.59 Å². The molecule has 1 aromatic carbocycles. The van der Waals surface area contributed by atoms with Gasteiger partial charge in [-0.05, 0) is 32.0 Å². The van der Waals surface area contributed by atoms with Gasteiger partial charge in [-0.25, -0.2) is 0 Å². The van der Waals surface area contributed by atoms with Crippen molar-refractivity contribution in [2.45, 2.75) is 13.8 Å². The van der Waals surface area contributed by atoms with Crippen LogP contribution in [0.3, 0.4) is 0 Å². The van der Waals surface area contributed by atoms with Crippen molar-refractivity contribution in [2.75, 3.05) is 18.4 Å². The van der Waals surface area contributed by atoms with E-state index < -0.39 is 11.8 Å². The van der Waals surface area contributed by atoms with E-state index in [0.717, 1.165) is 0 Å². The second kappa shape index (κ2) is 6.61. The fourth-order valence-corrected chi connectivity index (χ4v) is 1.71. The minimum absolute atomic E-state index is 0.324. The summed E-state index contributed by atoms with van der Waals surface area (Å²) in [6, 6.07) is 4.64. The van der Waals surface area contributed by atoms with Gasteiger partial charge in [0, 0.05) is 18.8 Å². The smallest absolute Gasteiger partial charge is 0.313 e. The molecule has 18 heavy (non-hydrogen) atoms. The lowest BCUT2D eigenvalue weighted by Crippen LogP contribution is -2.39. The Kier molecular flexibility index (Phi) is 5.44. The summed E-state index contributed by atoms with van der Waals surface area (Å²) in [7, 11) is 0. The summed E-state index contributed by atoms with van der Waals surface area (Å²) >= 11 is 11.6. The number of hydrogen-bond donors (Lipinski definition) is 1. The maximum absolute atomic E-state index is 11.7. The molecule has 0 heterocycles. The van der Waals surface area contributed by atoms with E-state index in [0.29, 0.717) is 28.8 Å². The third kappa shape index (κ3) is 3.62. The SMILES string of the molecule is CCN(CC)C(=O)C(=O)Nc1ccc(Cl)c(Cl)c1. The molecule has 0 atom stereocenters. The van der Waals surface area contributed by atoms with Gasteiger partial charge >= 0.3 is 11.8 Å². The van der Waals surface area contributed by atoms with Crippen LogP contribution < -0.4 is 5.32 Å². The molecule has 2 amide bonds. The minimum atomic E-state index is -0.683. The van der Waals surface area contributed by atoms with Crippen molar-refractivity contribution in [2.24, 2.45) is 0 Å². The number of halogens is 2. The zero-order chi connectivity index (χ0) is 13.7. The van der Waals surface area contributed by atoms with Gasteiger partial charge in [-0.2, -0.15) is 0 Å². The maximum Gasteiger partial charge on any atom is 0.313 e. The number of carbonyl (C=O) groups excluding carboxylic acids is 2. The first-order chi connectivity index (χ1) is 8.49. The van der Waals surface area contributed by atoms with Crippen LogP contribution in [0.5, 0.6) is 0 Å². The molecule has 0 unspecified atom stereocenters. The van der Waals surface area contributed by atoms with Crippen LogP contribution in [0, 0.1) is 0 Å². The second-order valence-corrected chi connectivity index (χ2v) is 4.37. The quantitative estimate of drug-likeness (QED) is 0.870. The van der Waals surface area contributed by atoms with Crippen molar-refractivity contribution in [3.8, 4) is 0 Å². The Labute approximate surface area is 116 Å². The first kappa shape index (κ1) is 14.8. The normalized spacial score (nSPS) is 10.0. The molecule has 1 N–H and O–H groups in total. The number of rotatable bonds is 3. The highest BCUT2D eigenvalue weighted by Crippen LogP contribution is 2.24. The Bertz CT molecular complexity index is 459. The summed E-state index contributed by atoms with van der Waals surface area (Å²) in [4.78, 5) is 24.8. The third-order valence-electron chi connectivity index (χ3n) is 2.42. The molecule has 0 aromatic heterocycles.